The van der Waals surface area contributed by atoms with E-state index in [4.69, 9.17) is 10.6 Å². The van der Waals surface area contributed by atoms with Crippen molar-refractivity contribution in [3.8, 4) is 0 Å². The molecule has 0 fully saturated rings. The van der Waals surface area contributed by atoms with Crippen molar-refractivity contribution in [2.24, 2.45) is 5.84 Å². The van der Waals surface area contributed by atoms with Gasteiger partial charge >= 0.3 is 0 Å². The van der Waals surface area contributed by atoms with Gasteiger partial charge in [-0.15, -0.1) is 11.3 Å². The van der Waals surface area contributed by atoms with Crippen molar-refractivity contribution >= 4 is 11.3 Å². The first-order chi connectivity index (χ1) is 7.11. The maximum absolute atomic E-state index is 5.51. The van der Waals surface area contributed by atoms with Gasteiger partial charge in [-0.05, 0) is 20.8 Å². The first-order valence-corrected chi connectivity index (χ1v) is 5.98. The molecule has 0 aliphatic carbocycles. The number of ether oxygens (including phenoxy) is 1. The molecule has 1 aromatic heterocycles. The smallest absolute Gasteiger partial charge is 0.0945 e. The van der Waals surface area contributed by atoms with Crippen LogP contribution in [0.5, 0.6) is 0 Å². The van der Waals surface area contributed by atoms with Gasteiger partial charge in [0.1, 0.15) is 0 Å². The lowest BCUT2D eigenvalue weighted by atomic mass is 10.2. The second kappa shape index (κ2) is 6.17. The molecule has 1 aromatic rings. The average molecular weight is 229 g/mol. The maximum Gasteiger partial charge on any atom is 0.0945 e. The van der Waals surface area contributed by atoms with E-state index in [1.807, 2.05) is 26.2 Å². The lowest BCUT2D eigenvalue weighted by Crippen LogP contribution is -2.40. The molecule has 0 saturated carbocycles. The summed E-state index contributed by atoms with van der Waals surface area (Å²) in [5.74, 6) is 5.46. The van der Waals surface area contributed by atoms with Gasteiger partial charge in [0.2, 0.25) is 0 Å². The molecule has 0 radical (unpaired) electrons. The predicted octanol–water partition coefficient (Wildman–Crippen LogP) is 1.25. The maximum atomic E-state index is 5.51. The summed E-state index contributed by atoms with van der Waals surface area (Å²) < 4.78 is 5.51. The molecular formula is C10H19N3OS. The van der Waals surface area contributed by atoms with Crippen LogP contribution in [0.3, 0.4) is 0 Å². The van der Waals surface area contributed by atoms with Crippen LogP contribution in [0.1, 0.15) is 24.5 Å². The number of aromatic nitrogens is 1. The Morgan fingerprint density at radius 3 is 2.80 bits per heavy atom. The van der Waals surface area contributed by atoms with Crippen LogP contribution < -0.4 is 11.3 Å². The SMILES string of the molecule is Cc1csc(CC(COC(C)C)NN)n1. The summed E-state index contributed by atoms with van der Waals surface area (Å²) in [4.78, 5) is 4.39. The fraction of sp³-hybridized carbons (Fsp3) is 0.700. The van der Waals surface area contributed by atoms with Crippen molar-refractivity contribution < 1.29 is 4.74 Å². The van der Waals surface area contributed by atoms with Crippen LogP contribution in [0.15, 0.2) is 5.38 Å². The lowest BCUT2D eigenvalue weighted by molar-refractivity contribution is 0.0613. The molecular weight excluding hydrogens is 210 g/mol. The molecule has 0 saturated heterocycles. The molecule has 0 aliphatic rings. The molecule has 1 rings (SSSR count). The minimum atomic E-state index is 0.137. The summed E-state index contributed by atoms with van der Waals surface area (Å²) in [6.07, 6.45) is 1.06. The number of aryl methyl sites for hydroxylation is 1. The van der Waals surface area contributed by atoms with Crippen molar-refractivity contribution in [1.29, 1.82) is 0 Å². The molecule has 5 heteroatoms. The molecule has 0 aromatic carbocycles. The monoisotopic (exact) mass is 229 g/mol. The van der Waals surface area contributed by atoms with Crippen molar-refractivity contribution in [1.82, 2.24) is 10.4 Å². The number of hydrogen-bond donors (Lipinski definition) is 2. The largest absolute Gasteiger partial charge is 0.377 e. The zero-order chi connectivity index (χ0) is 11.3. The number of thiazole rings is 1. The van der Waals surface area contributed by atoms with Gasteiger partial charge in [0.25, 0.3) is 0 Å². The van der Waals surface area contributed by atoms with Crippen LogP contribution in [0.4, 0.5) is 0 Å². The highest BCUT2D eigenvalue weighted by Crippen LogP contribution is 2.11. The van der Waals surface area contributed by atoms with E-state index in [2.05, 4.69) is 10.4 Å². The molecule has 1 heterocycles. The number of hydrogen-bond acceptors (Lipinski definition) is 5. The predicted molar refractivity (Wildman–Crippen MR) is 62.8 cm³/mol. The molecule has 0 amide bonds. The third-order valence-electron chi connectivity index (χ3n) is 1.95. The van der Waals surface area contributed by atoms with Crippen molar-refractivity contribution in [3.05, 3.63) is 16.1 Å². The Morgan fingerprint density at radius 2 is 2.33 bits per heavy atom. The quantitative estimate of drug-likeness (QED) is 0.569. The molecule has 1 unspecified atom stereocenters. The number of nitrogens with one attached hydrogen (secondary N) is 1. The lowest BCUT2D eigenvalue weighted by Gasteiger charge is -2.16. The van der Waals surface area contributed by atoms with Gasteiger partial charge in [-0.2, -0.15) is 0 Å². The van der Waals surface area contributed by atoms with Crippen LogP contribution in [-0.2, 0) is 11.2 Å². The van der Waals surface area contributed by atoms with E-state index in [0.29, 0.717) is 6.61 Å². The Kier molecular flexibility index (Phi) is 5.17. The van der Waals surface area contributed by atoms with Gasteiger partial charge in [-0.1, -0.05) is 0 Å². The van der Waals surface area contributed by atoms with Gasteiger partial charge in [0.15, 0.2) is 0 Å². The molecule has 86 valence electrons. The molecule has 15 heavy (non-hydrogen) atoms. The fourth-order valence-electron chi connectivity index (χ4n) is 1.18. The zero-order valence-corrected chi connectivity index (χ0v) is 10.3. The van der Waals surface area contributed by atoms with Crippen LogP contribution in [0, 0.1) is 6.92 Å². The highest BCUT2D eigenvalue weighted by atomic mass is 32.1. The Bertz CT molecular complexity index is 288. The fourth-order valence-corrected chi connectivity index (χ4v) is 2.04. The summed E-state index contributed by atoms with van der Waals surface area (Å²) in [6, 6.07) is 0.137. The topological polar surface area (TPSA) is 60.2 Å². The van der Waals surface area contributed by atoms with Gasteiger partial charge in [-0.25, -0.2) is 4.98 Å². The Morgan fingerprint density at radius 1 is 1.60 bits per heavy atom. The third kappa shape index (κ3) is 4.70. The first-order valence-electron chi connectivity index (χ1n) is 5.10. The number of nitrogens with two attached hydrogens (primary N) is 1. The highest BCUT2D eigenvalue weighted by Gasteiger charge is 2.11. The van der Waals surface area contributed by atoms with E-state index in [9.17, 15) is 0 Å². The van der Waals surface area contributed by atoms with Crippen LogP contribution in [-0.4, -0.2) is 23.7 Å². The van der Waals surface area contributed by atoms with Crippen LogP contribution >= 0.6 is 11.3 Å². The highest BCUT2D eigenvalue weighted by molar-refractivity contribution is 7.09. The van der Waals surface area contributed by atoms with E-state index in [1.54, 1.807) is 11.3 Å². The van der Waals surface area contributed by atoms with Gasteiger partial charge in [-0.3, -0.25) is 11.3 Å². The van der Waals surface area contributed by atoms with Crippen molar-refractivity contribution in [2.45, 2.75) is 39.3 Å². The van der Waals surface area contributed by atoms with E-state index in [1.165, 1.54) is 0 Å². The van der Waals surface area contributed by atoms with Crippen molar-refractivity contribution in [3.63, 3.8) is 0 Å². The number of rotatable bonds is 6. The number of hydrazine groups is 1. The minimum absolute atomic E-state index is 0.137. The van der Waals surface area contributed by atoms with Crippen LogP contribution in [0.2, 0.25) is 0 Å². The second-order valence-electron chi connectivity index (χ2n) is 3.83. The zero-order valence-electron chi connectivity index (χ0n) is 9.49. The molecule has 3 N–H and O–H groups in total. The molecule has 4 nitrogen and oxygen atoms in total. The summed E-state index contributed by atoms with van der Waals surface area (Å²) in [7, 11) is 0. The average Bonchev–Trinajstić information content (AvgIpc) is 2.58. The van der Waals surface area contributed by atoms with E-state index >= 15 is 0 Å². The second-order valence-corrected chi connectivity index (χ2v) is 4.78. The van der Waals surface area contributed by atoms with Crippen LogP contribution in [0.25, 0.3) is 0 Å². The molecule has 0 bridgehead atoms. The summed E-state index contributed by atoms with van der Waals surface area (Å²) in [5.41, 5.74) is 3.82. The third-order valence-corrected chi connectivity index (χ3v) is 2.94. The number of nitrogens with zero attached hydrogens (tertiary/aromatic N) is 1. The normalized spacial score (nSPS) is 13.4. The Labute approximate surface area is 94.8 Å². The van der Waals surface area contributed by atoms with Gasteiger partial charge < -0.3 is 4.74 Å². The van der Waals surface area contributed by atoms with E-state index in [-0.39, 0.29) is 12.1 Å². The molecule has 0 aliphatic heterocycles. The standard InChI is InChI=1S/C10H19N3OS/c1-7(2)14-5-9(13-11)4-10-12-8(3)6-15-10/h6-7,9,13H,4-5,11H2,1-3H3. The first kappa shape index (κ1) is 12.6. The summed E-state index contributed by atoms with van der Waals surface area (Å²) in [5, 5.41) is 3.15. The van der Waals surface area contributed by atoms with E-state index in [0.717, 1.165) is 17.1 Å². The molecule has 1 atom stereocenters. The van der Waals surface area contributed by atoms with Crippen molar-refractivity contribution in [2.75, 3.05) is 6.61 Å². The Balaban J connectivity index is 2.39. The summed E-state index contributed by atoms with van der Waals surface area (Å²) >= 11 is 1.67. The van der Waals surface area contributed by atoms with E-state index < -0.39 is 0 Å². The summed E-state index contributed by atoms with van der Waals surface area (Å²) in [6.45, 7) is 6.64. The molecule has 0 spiro atoms. The van der Waals surface area contributed by atoms with Gasteiger partial charge in [0.05, 0.1) is 23.8 Å². The minimum Gasteiger partial charge on any atom is -0.377 e. The Hall–Kier alpha value is -0.490. The van der Waals surface area contributed by atoms with Gasteiger partial charge in [0, 0.05) is 17.5 Å².